The lowest BCUT2D eigenvalue weighted by Gasteiger charge is -2.13. The summed E-state index contributed by atoms with van der Waals surface area (Å²) in [6, 6.07) is 10.3. The van der Waals surface area contributed by atoms with Crippen LogP contribution < -0.4 is 19.5 Å². The van der Waals surface area contributed by atoms with Crippen LogP contribution in [-0.2, 0) is 4.79 Å². The molecule has 0 heterocycles. The Hall–Kier alpha value is -2.11. The summed E-state index contributed by atoms with van der Waals surface area (Å²) in [6.45, 7) is 0.196. The number of hydrogen-bond acceptors (Lipinski definition) is 4. The Morgan fingerprint density at radius 2 is 1.71 bits per heavy atom. The van der Waals surface area contributed by atoms with Crippen molar-refractivity contribution < 1.29 is 19.0 Å². The average molecular weight is 370 g/mol. The molecule has 24 heavy (non-hydrogen) atoms. The quantitative estimate of drug-likeness (QED) is 0.784. The third kappa shape index (κ3) is 4.69. The summed E-state index contributed by atoms with van der Waals surface area (Å²) in [6.07, 6.45) is 0.151. The van der Waals surface area contributed by atoms with Gasteiger partial charge in [0.15, 0.2) is 0 Å². The van der Waals surface area contributed by atoms with Crippen molar-refractivity contribution in [2.24, 2.45) is 0 Å². The minimum Gasteiger partial charge on any atom is -0.495 e. The SMILES string of the molecule is COc1cc(OC)c(NC(=O)CCOc2ccccc2Cl)cc1Cl. The normalized spacial score (nSPS) is 10.2. The molecule has 0 unspecified atom stereocenters. The summed E-state index contributed by atoms with van der Waals surface area (Å²) in [5.41, 5.74) is 0.464. The van der Waals surface area contributed by atoms with Crippen molar-refractivity contribution >= 4 is 34.8 Å². The third-order valence-corrected chi connectivity index (χ3v) is 3.78. The van der Waals surface area contributed by atoms with E-state index in [-0.39, 0.29) is 18.9 Å². The topological polar surface area (TPSA) is 56.8 Å². The molecule has 0 atom stereocenters. The van der Waals surface area contributed by atoms with Crippen molar-refractivity contribution in [1.82, 2.24) is 0 Å². The van der Waals surface area contributed by atoms with Crippen LogP contribution in [0.25, 0.3) is 0 Å². The second kappa shape index (κ2) is 8.66. The molecule has 0 fully saturated rings. The van der Waals surface area contributed by atoms with Crippen LogP contribution in [-0.4, -0.2) is 26.7 Å². The maximum Gasteiger partial charge on any atom is 0.227 e. The van der Waals surface area contributed by atoms with Crippen LogP contribution in [0.15, 0.2) is 36.4 Å². The van der Waals surface area contributed by atoms with Gasteiger partial charge in [-0.05, 0) is 18.2 Å². The van der Waals surface area contributed by atoms with Crippen molar-refractivity contribution in [2.45, 2.75) is 6.42 Å². The van der Waals surface area contributed by atoms with Gasteiger partial charge < -0.3 is 19.5 Å². The summed E-state index contributed by atoms with van der Waals surface area (Å²) in [5.74, 6) is 1.23. The van der Waals surface area contributed by atoms with Gasteiger partial charge in [0.05, 0.1) is 43.0 Å². The number of amides is 1. The first kappa shape index (κ1) is 18.2. The first-order valence-corrected chi connectivity index (χ1v) is 7.89. The molecule has 128 valence electrons. The summed E-state index contributed by atoms with van der Waals surface area (Å²) >= 11 is 12.1. The van der Waals surface area contributed by atoms with Gasteiger partial charge in [-0.15, -0.1) is 0 Å². The van der Waals surface area contributed by atoms with Crippen LogP contribution in [0.3, 0.4) is 0 Å². The minimum atomic E-state index is -0.235. The Kier molecular flexibility index (Phi) is 6.58. The first-order valence-electron chi connectivity index (χ1n) is 7.14. The number of carbonyl (C=O) groups excluding carboxylic acids is 1. The molecular formula is C17H17Cl2NO4. The van der Waals surface area contributed by atoms with E-state index in [4.69, 9.17) is 37.4 Å². The number of para-hydroxylation sites is 1. The molecule has 0 aromatic heterocycles. The standard InChI is InChI=1S/C17H17Cl2NO4/c1-22-15-10-16(23-2)13(9-12(15)19)20-17(21)7-8-24-14-6-4-3-5-11(14)18/h3-6,9-10H,7-8H2,1-2H3,(H,20,21). The number of rotatable bonds is 7. The number of carbonyl (C=O) groups is 1. The van der Waals surface area contributed by atoms with E-state index in [0.717, 1.165) is 0 Å². The number of anilines is 1. The molecule has 0 spiro atoms. The third-order valence-electron chi connectivity index (χ3n) is 3.17. The van der Waals surface area contributed by atoms with Crippen molar-refractivity contribution in [1.29, 1.82) is 0 Å². The fourth-order valence-electron chi connectivity index (χ4n) is 1.99. The Morgan fingerprint density at radius 1 is 1.00 bits per heavy atom. The average Bonchev–Trinajstić information content (AvgIpc) is 2.57. The second-order valence-electron chi connectivity index (χ2n) is 4.76. The van der Waals surface area contributed by atoms with E-state index in [0.29, 0.717) is 33.0 Å². The van der Waals surface area contributed by atoms with E-state index in [2.05, 4.69) is 5.32 Å². The highest BCUT2D eigenvalue weighted by molar-refractivity contribution is 6.32. The van der Waals surface area contributed by atoms with E-state index in [1.54, 1.807) is 24.3 Å². The Morgan fingerprint density at radius 3 is 2.38 bits per heavy atom. The lowest BCUT2D eigenvalue weighted by molar-refractivity contribution is -0.116. The molecule has 0 aliphatic carbocycles. The molecule has 5 nitrogen and oxygen atoms in total. The highest BCUT2D eigenvalue weighted by atomic mass is 35.5. The zero-order chi connectivity index (χ0) is 17.5. The number of nitrogens with one attached hydrogen (secondary N) is 1. The van der Waals surface area contributed by atoms with Gasteiger partial charge in [-0.3, -0.25) is 4.79 Å². The molecular weight excluding hydrogens is 353 g/mol. The zero-order valence-electron chi connectivity index (χ0n) is 13.3. The first-order chi connectivity index (χ1) is 11.5. The lowest BCUT2D eigenvalue weighted by Crippen LogP contribution is -2.16. The van der Waals surface area contributed by atoms with Crippen LogP contribution in [0, 0.1) is 0 Å². The molecule has 2 aromatic rings. The van der Waals surface area contributed by atoms with Gasteiger partial charge in [0.2, 0.25) is 5.91 Å². The molecule has 0 radical (unpaired) electrons. The van der Waals surface area contributed by atoms with E-state index < -0.39 is 0 Å². The summed E-state index contributed by atoms with van der Waals surface area (Å²) in [7, 11) is 3.00. The van der Waals surface area contributed by atoms with Crippen LogP contribution in [0.2, 0.25) is 10.0 Å². The minimum absolute atomic E-state index is 0.151. The van der Waals surface area contributed by atoms with Gasteiger partial charge in [0, 0.05) is 6.07 Å². The monoisotopic (exact) mass is 369 g/mol. The van der Waals surface area contributed by atoms with Gasteiger partial charge in [-0.1, -0.05) is 35.3 Å². The van der Waals surface area contributed by atoms with Gasteiger partial charge in [-0.2, -0.15) is 0 Å². The predicted octanol–water partition coefficient (Wildman–Crippen LogP) is 4.42. The predicted molar refractivity (Wildman–Crippen MR) is 94.7 cm³/mol. The van der Waals surface area contributed by atoms with Crippen LogP contribution in [0.4, 0.5) is 5.69 Å². The Balaban J connectivity index is 1.95. The molecule has 7 heteroatoms. The summed E-state index contributed by atoms with van der Waals surface area (Å²) < 4.78 is 15.8. The summed E-state index contributed by atoms with van der Waals surface area (Å²) in [4.78, 5) is 12.1. The maximum atomic E-state index is 12.1. The van der Waals surface area contributed by atoms with Crippen molar-refractivity contribution in [3.8, 4) is 17.2 Å². The number of methoxy groups -OCH3 is 2. The number of halogens is 2. The lowest BCUT2D eigenvalue weighted by atomic mass is 10.2. The molecule has 0 aliphatic rings. The summed E-state index contributed by atoms with van der Waals surface area (Å²) in [5, 5.41) is 3.61. The number of benzene rings is 2. The van der Waals surface area contributed by atoms with Gasteiger partial charge >= 0.3 is 0 Å². The van der Waals surface area contributed by atoms with Crippen LogP contribution in [0.5, 0.6) is 17.2 Å². The smallest absolute Gasteiger partial charge is 0.227 e. The van der Waals surface area contributed by atoms with Crippen molar-refractivity contribution in [3.05, 3.63) is 46.4 Å². The van der Waals surface area contributed by atoms with E-state index >= 15 is 0 Å². The molecule has 2 aromatic carbocycles. The largest absolute Gasteiger partial charge is 0.495 e. The van der Waals surface area contributed by atoms with Gasteiger partial charge in [-0.25, -0.2) is 0 Å². The molecule has 0 aliphatic heterocycles. The van der Waals surface area contributed by atoms with Gasteiger partial charge in [0.1, 0.15) is 17.2 Å². The molecule has 1 amide bonds. The number of ether oxygens (including phenoxy) is 3. The molecule has 2 rings (SSSR count). The fourth-order valence-corrected chi connectivity index (χ4v) is 2.42. The maximum absolute atomic E-state index is 12.1. The van der Waals surface area contributed by atoms with Crippen LogP contribution in [0.1, 0.15) is 6.42 Å². The Bertz CT molecular complexity index is 722. The van der Waals surface area contributed by atoms with Crippen molar-refractivity contribution in [3.63, 3.8) is 0 Å². The van der Waals surface area contributed by atoms with E-state index in [1.165, 1.54) is 14.2 Å². The molecule has 0 saturated heterocycles. The molecule has 0 bridgehead atoms. The zero-order valence-corrected chi connectivity index (χ0v) is 14.8. The van der Waals surface area contributed by atoms with Crippen LogP contribution >= 0.6 is 23.2 Å². The number of hydrogen-bond donors (Lipinski definition) is 1. The van der Waals surface area contributed by atoms with E-state index in [9.17, 15) is 4.79 Å². The highest BCUT2D eigenvalue weighted by Crippen LogP contribution is 2.35. The Labute approximate surface area is 150 Å². The fraction of sp³-hybridized carbons (Fsp3) is 0.235. The molecule has 0 saturated carbocycles. The second-order valence-corrected chi connectivity index (χ2v) is 5.58. The van der Waals surface area contributed by atoms with Gasteiger partial charge in [0.25, 0.3) is 0 Å². The molecule has 1 N–H and O–H groups in total. The van der Waals surface area contributed by atoms with E-state index in [1.807, 2.05) is 12.1 Å². The van der Waals surface area contributed by atoms with Crippen molar-refractivity contribution in [2.75, 3.05) is 26.1 Å². The highest BCUT2D eigenvalue weighted by Gasteiger charge is 2.12.